The number of nitrogens with one attached hydrogen (secondary N) is 1. The van der Waals surface area contributed by atoms with Crippen molar-refractivity contribution in [2.75, 3.05) is 0 Å². The minimum atomic E-state index is -1.25. The number of halogens is 2. The second-order valence-corrected chi connectivity index (χ2v) is 4.80. The first-order valence-corrected chi connectivity index (χ1v) is 6.78. The average molecular weight is 324 g/mol. The quantitative estimate of drug-likeness (QED) is 0.840. The molecule has 2 aromatic rings. The smallest absolute Gasteiger partial charge is 0.358 e. The highest BCUT2D eigenvalue weighted by Crippen LogP contribution is 2.20. The molecule has 2 N–H and O–H groups in total. The van der Waals surface area contributed by atoms with Crippen molar-refractivity contribution in [1.29, 1.82) is 0 Å². The number of aromatic nitrogens is 3. The lowest BCUT2D eigenvalue weighted by Crippen LogP contribution is -2.32. The normalized spacial score (nSPS) is 12.0. The summed E-state index contributed by atoms with van der Waals surface area (Å²) in [5.41, 5.74) is -0.110. The van der Waals surface area contributed by atoms with Gasteiger partial charge < -0.3 is 10.4 Å². The number of amides is 1. The monoisotopic (exact) mass is 324 g/mol. The molecule has 0 radical (unpaired) electrons. The van der Waals surface area contributed by atoms with Crippen LogP contribution in [0.5, 0.6) is 0 Å². The lowest BCUT2D eigenvalue weighted by molar-refractivity contribution is -0.122. The van der Waals surface area contributed by atoms with Crippen LogP contribution in [0.25, 0.3) is 0 Å². The fraction of sp³-hybridized carbons (Fsp3) is 0.286. The van der Waals surface area contributed by atoms with Gasteiger partial charge in [0.1, 0.15) is 18.2 Å². The summed E-state index contributed by atoms with van der Waals surface area (Å²) in [4.78, 5) is 22.7. The molecule has 9 heteroatoms. The van der Waals surface area contributed by atoms with E-state index in [4.69, 9.17) is 5.11 Å². The second-order valence-electron chi connectivity index (χ2n) is 4.80. The van der Waals surface area contributed by atoms with Crippen molar-refractivity contribution in [3.8, 4) is 0 Å². The molecule has 0 aliphatic carbocycles. The second kappa shape index (κ2) is 6.95. The maximum Gasteiger partial charge on any atom is 0.358 e. The zero-order valence-electron chi connectivity index (χ0n) is 12.2. The summed E-state index contributed by atoms with van der Waals surface area (Å²) in [6, 6.07) is 2.51. The standard InChI is InChI=1S/C14H14F2N4O3/c1-2-11(9-4-3-8(15)5-10(9)16)17-13(21)7-20-6-12(14(22)23)18-19-20/h3-6,11H,2,7H2,1H3,(H,17,21)(H,22,23). The molecule has 1 aromatic heterocycles. The number of hydrogen-bond donors (Lipinski definition) is 2. The van der Waals surface area contributed by atoms with E-state index in [0.717, 1.165) is 23.0 Å². The molecule has 0 aliphatic rings. The molecule has 2 rings (SSSR count). The molecule has 0 saturated carbocycles. The van der Waals surface area contributed by atoms with Crippen LogP contribution in [0.4, 0.5) is 8.78 Å². The maximum absolute atomic E-state index is 13.8. The summed E-state index contributed by atoms with van der Waals surface area (Å²) in [6.07, 6.45) is 1.51. The van der Waals surface area contributed by atoms with Gasteiger partial charge in [-0.25, -0.2) is 18.3 Å². The molecule has 1 unspecified atom stereocenters. The van der Waals surface area contributed by atoms with Gasteiger partial charge in [0.25, 0.3) is 0 Å². The molecule has 0 spiro atoms. The first kappa shape index (κ1) is 16.5. The van der Waals surface area contributed by atoms with E-state index >= 15 is 0 Å². The fourth-order valence-electron chi connectivity index (χ4n) is 2.04. The van der Waals surface area contributed by atoms with E-state index in [1.165, 1.54) is 6.07 Å². The number of benzene rings is 1. The molecule has 1 atom stereocenters. The Morgan fingerprint density at radius 3 is 2.70 bits per heavy atom. The Kier molecular flexibility index (Phi) is 4.99. The molecular weight excluding hydrogens is 310 g/mol. The Balaban J connectivity index is 2.05. The van der Waals surface area contributed by atoms with Crippen molar-refractivity contribution in [3.63, 3.8) is 0 Å². The van der Waals surface area contributed by atoms with E-state index in [1.54, 1.807) is 6.92 Å². The lowest BCUT2D eigenvalue weighted by Gasteiger charge is -2.18. The topological polar surface area (TPSA) is 97.1 Å². The van der Waals surface area contributed by atoms with Gasteiger partial charge in [0.15, 0.2) is 5.69 Å². The highest BCUT2D eigenvalue weighted by atomic mass is 19.1. The third kappa shape index (κ3) is 4.09. The van der Waals surface area contributed by atoms with E-state index in [9.17, 15) is 18.4 Å². The number of carboxylic acid groups (broad SMARTS) is 1. The number of carboxylic acids is 1. The Hall–Kier alpha value is -2.84. The minimum Gasteiger partial charge on any atom is -0.476 e. The van der Waals surface area contributed by atoms with Gasteiger partial charge in [-0.3, -0.25) is 4.79 Å². The molecule has 23 heavy (non-hydrogen) atoms. The molecule has 7 nitrogen and oxygen atoms in total. The van der Waals surface area contributed by atoms with E-state index in [2.05, 4.69) is 15.6 Å². The summed E-state index contributed by atoms with van der Waals surface area (Å²) in [6.45, 7) is 1.48. The Morgan fingerprint density at radius 2 is 2.13 bits per heavy atom. The highest BCUT2D eigenvalue weighted by Gasteiger charge is 2.18. The molecule has 1 amide bonds. The van der Waals surface area contributed by atoms with Crippen molar-refractivity contribution in [1.82, 2.24) is 20.3 Å². The molecular formula is C14H14F2N4O3. The number of carbonyl (C=O) groups excluding carboxylic acids is 1. The number of aromatic carboxylic acids is 1. The van der Waals surface area contributed by atoms with Gasteiger partial charge in [-0.05, 0) is 12.5 Å². The SMILES string of the molecule is CCC(NC(=O)Cn1cc(C(=O)O)nn1)c1ccc(F)cc1F. The van der Waals surface area contributed by atoms with Crippen LogP contribution in [0.1, 0.15) is 35.4 Å². The van der Waals surface area contributed by atoms with Crippen molar-refractivity contribution >= 4 is 11.9 Å². The minimum absolute atomic E-state index is 0.173. The van der Waals surface area contributed by atoms with E-state index in [0.29, 0.717) is 6.42 Å². The summed E-state index contributed by atoms with van der Waals surface area (Å²) in [5, 5.41) is 18.2. The van der Waals surface area contributed by atoms with Crippen LogP contribution in [0.2, 0.25) is 0 Å². The van der Waals surface area contributed by atoms with Gasteiger partial charge in [0, 0.05) is 11.6 Å². The van der Waals surface area contributed by atoms with Crippen LogP contribution in [-0.2, 0) is 11.3 Å². The molecule has 122 valence electrons. The van der Waals surface area contributed by atoms with E-state index in [1.807, 2.05) is 0 Å². The van der Waals surface area contributed by atoms with Crippen LogP contribution in [-0.4, -0.2) is 32.0 Å². The van der Waals surface area contributed by atoms with Crippen molar-refractivity contribution in [2.24, 2.45) is 0 Å². The molecule has 0 aliphatic heterocycles. The van der Waals surface area contributed by atoms with Gasteiger partial charge in [0.05, 0.1) is 12.2 Å². The van der Waals surface area contributed by atoms with E-state index in [-0.39, 0.29) is 17.8 Å². The van der Waals surface area contributed by atoms with Crippen LogP contribution >= 0.6 is 0 Å². The average Bonchev–Trinajstić information content (AvgIpc) is 2.94. The molecule has 0 saturated heterocycles. The van der Waals surface area contributed by atoms with Gasteiger partial charge in [-0.2, -0.15) is 0 Å². The fourth-order valence-corrected chi connectivity index (χ4v) is 2.04. The lowest BCUT2D eigenvalue weighted by atomic mass is 10.0. The van der Waals surface area contributed by atoms with Crippen molar-refractivity contribution in [3.05, 3.63) is 47.3 Å². The Labute approximate surface area is 129 Å². The maximum atomic E-state index is 13.8. The number of rotatable bonds is 6. The van der Waals surface area contributed by atoms with Crippen LogP contribution < -0.4 is 5.32 Å². The molecule has 0 bridgehead atoms. The summed E-state index contributed by atoms with van der Waals surface area (Å²) < 4.78 is 27.8. The van der Waals surface area contributed by atoms with Gasteiger partial charge >= 0.3 is 5.97 Å². The van der Waals surface area contributed by atoms with E-state index < -0.39 is 29.6 Å². The number of carbonyl (C=O) groups is 2. The van der Waals surface area contributed by atoms with Crippen LogP contribution in [0.3, 0.4) is 0 Å². The first-order chi connectivity index (χ1) is 10.9. The Bertz CT molecular complexity index is 733. The molecule has 1 aromatic carbocycles. The third-order valence-corrected chi connectivity index (χ3v) is 3.14. The number of nitrogens with zero attached hydrogens (tertiary/aromatic N) is 3. The summed E-state index contributed by atoms with van der Waals surface area (Å²) in [5.74, 6) is -3.19. The predicted octanol–water partition coefficient (Wildman–Crippen LogP) is 1.52. The highest BCUT2D eigenvalue weighted by molar-refractivity contribution is 5.84. The number of hydrogen-bond acceptors (Lipinski definition) is 4. The predicted molar refractivity (Wildman–Crippen MR) is 74.5 cm³/mol. The van der Waals surface area contributed by atoms with Gasteiger partial charge in [-0.15, -0.1) is 5.10 Å². The zero-order valence-corrected chi connectivity index (χ0v) is 12.2. The zero-order chi connectivity index (χ0) is 17.0. The Morgan fingerprint density at radius 1 is 1.39 bits per heavy atom. The third-order valence-electron chi connectivity index (χ3n) is 3.14. The van der Waals surface area contributed by atoms with Gasteiger partial charge in [-0.1, -0.05) is 18.2 Å². The largest absolute Gasteiger partial charge is 0.476 e. The molecule has 0 fully saturated rings. The van der Waals surface area contributed by atoms with Crippen molar-refractivity contribution < 1.29 is 23.5 Å². The van der Waals surface area contributed by atoms with Crippen LogP contribution in [0, 0.1) is 11.6 Å². The summed E-state index contributed by atoms with van der Waals surface area (Å²) in [7, 11) is 0. The van der Waals surface area contributed by atoms with Crippen LogP contribution in [0.15, 0.2) is 24.4 Å². The first-order valence-electron chi connectivity index (χ1n) is 6.78. The molecule has 1 heterocycles. The summed E-state index contributed by atoms with van der Waals surface area (Å²) >= 11 is 0. The van der Waals surface area contributed by atoms with Gasteiger partial charge in [0.2, 0.25) is 5.91 Å². The van der Waals surface area contributed by atoms with Crippen molar-refractivity contribution in [2.45, 2.75) is 25.9 Å².